The molecule has 0 aliphatic carbocycles. The average Bonchev–Trinajstić information content (AvgIpc) is 2.37. The van der Waals surface area contributed by atoms with Crippen LogP contribution in [0, 0.1) is 16.0 Å². The van der Waals surface area contributed by atoms with Crippen molar-refractivity contribution in [3.05, 3.63) is 33.3 Å². The molecule has 0 fully saturated rings. The van der Waals surface area contributed by atoms with Crippen molar-refractivity contribution < 1.29 is 19.6 Å². The molecule has 9 heteroatoms. The third-order valence-electron chi connectivity index (χ3n) is 2.62. The Hall–Kier alpha value is -2.35. The summed E-state index contributed by atoms with van der Waals surface area (Å²) in [7, 11) is 0. The second-order valence-electron chi connectivity index (χ2n) is 4.58. The van der Waals surface area contributed by atoms with Crippen LogP contribution in [0.3, 0.4) is 0 Å². The normalized spacial score (nSPS) is 11.8. The van der Waals surface area contributed by atoms with Crippen LogP contribution in [0.5, 0.6) is 0 Å². The molecule has 0 aromatic heterocycles. The summed E-state index contributed by atoms with van der Waals surface area (Å²) < 4.78 is 0. The van der Waals surface area contributed by atoms with Gasteiger partial charge in [0.2, 0.25) is 0 Å². The van der Waals surface area contributed by atoms with Crippen molar-refractivity contribution in [1.29, 1.82) is 0 Å². The predicted molar refractivity (Wildman–Crippen MR) is 76.5 cm³/mol. The number of halogens is 1. The van der Waals surface area contributed by atoms with Gasteiger partial charge in [-0.2, -0.15) is 0 Å². The molecule has 2 amide bonds. The van der Waals surface area contributed by atoms with Crippen LogP contribution >= 0.6 is 11.6 Å². The third kappa shape index (κ3) is 4.60. The topological polar surface area (TPSA) is 122 Å². The maximum atomic E-state index is 11.7. The molecule has 0 aliphatic rings. The van der Waals surface area contributed by atoms with Crippen molar-refractivity contribution in [3.8, 4) is 0 Å². The van der Waals surface area contributed by atoms with E-state index in [4.69, 9.17) is 16.7 Å². The Labute approximate surface area is 125 Å². The van der Waals surface area contributed by atoms with Gasteiger partial charge in [0, 0.05) is 11.8 Å². The summed E-state index contributed by atoms with van der Waals surface area (Å²) in [5.74, 6) is -1.48. The van der Waals surface area contributed by atoms with Crippen molar-refractivity contribution in [2.45, 2.75) is 19.9 Å². The van der Waals surface area contributed by atoms with Crippen LogP contribution in [0.15, 0.2) is 18.2 Å². The van der Waals surface area contributed by atoms with Crippen LogP contribution in [0.4, 0.5) is 16.2 Å². The smallest absolute Gasteiger partial charge is 0.326 e. The van der Waals surface area contributed by atoms with Crippen LogP contribution in [0.1, 0.15) is 13.8 Å². The second kappa shape index (κ2) is 6.89. The van der Waals surface area contributed by atoms with Gasteiger partial charge in [0.05, 0.1) is 4.92 Å². The van der Waals surface area contributed by atoms with Crippen molar-refractivity contribution in [3.63, 3.8) is 0 Å². The van der Waals surface area contributed by atoms with Crippen molar-refractivity contribution in [1.82, 2.24) is 5.32 Å². The number of anilines is 1. The highest BCUT2D eigenvalue weighted by Crippen LogP contribution is 2.27. The summed E-state index contributed by atoms with van der Waals surface area (Å²) in [6.45, 7) is 3.29. The number of urea groups is 1. The van der Waals surface area contributed by atoms with Gasteiger partial charge in [0.1, 0.15) is 11.1 Å². The molecule has 21 heavy (non-hydrogen) atoms. The first kappa shape index (κ1) is 16.7. The number of nitro groups is 1. The van der Waals surface area contributed by atoms with Gasteiger partial charge in [0.25, 0.3) is 5.69 Å². The molecule has 3 N–H and O–H groups in total. The molecule has 1 aromatic carbocycles. The van der Waals surface area contributed by atoms with Gasteiger partial charge < -0.3 is 15.7 Å². The highest BCUT2D eigenvalue weighted by molar-refractivity contribution is 6.32. The van der Waals surface area contributed by atoms with Gasteiger partial charge in [-0.15, -0.1) is 0 Å². The Bertz CT molecular complexity index is 576. The summed E-state index contributed by atoms with van der Waals surface area (Å²) >= 11 is 5.65. The Kier molecular flexibility index (Phi) is 5.48. The number of hydrogen-bond acceptors (Lipinski definition) is 4. The maximum Gasteiger partial charge on any atom is 0.326 e. The SMILES string of the molecule is CC(C)[C@@H](NC(=O)Nc1ccc(Cl)c([N+](=O)[O-])c1)C(=O)O. The Morgan fingerprint density at radius 1 is 1.38 bits per heavy atom. The minimum Gasteiger partial charge on any atom is -0.480 e. The maximum absolute atomic E-state index is 11.7. The number of carbonyl (C=O) groups excluding carboxylic acids is 1. The number of carbonyl (C=O) groups is 2. The Morgan fingerprint density at radius 2 is 2.00 bits per heavy atom. The quantitative estimate of drug-likeness (QED) is 0.569. The summed E-state index contributed by atoms with van der Waals surface area (Å²) in [5.41, 5.74) is -0.218. The zero-order valence-corrected chi connectivity index (χ0v) is 12.0. The average molecular weight is 316 g/mol. The van der Waals surface area contributed by atoms with E-state index < -0.39 is 23.0 Å². The van der Waals surface area contributed by atoms with Gasteiger partial charge in [-0.25, -0.2) is 9.59 Å². The molecule has 0 spiro atoms. The van der Waals surface area contributed by atoms with Gasteiger partial charge in [-0.3, -0.25) is 10.1 Å². The summed E-state index contributed by atoms with van der Waals surface area (Å²) in [4.78, 5) is 32.7. The fourth-order valence-electron chi connectivity index (χ4n) is 1.55. The fraction of sp³-hybridized carbons (Fsp3) is 0.333. The molecule has 1 aromatic rings. The number of nitro benzene ring substituents is 1. The number of aliphatic carboxylic acids is 1. The first-order valence-corrected chi connectivity index (χ1v) is 6.34. The van der Waals surface area contributed by atoms with Crippen LogP contribution in [0.25, 0.3) is 0 Å². The zero-order chi connectivity index (χ0) is 16.2. The molecular weight excluding hydrogens is 302 g/mol. The number of rotatable bonds is 5. The van der Waals surface area contributed by atoms with E-state index in [1.807, 2.05) is 0 Å². The molecule has 114 valence electrons. The third-order valence-corrected chi connectivity index (χ3v) is 2.94. The summed E-state index contributed by atoms with van der Waals surface area (Å²) in [5, 5.41) is 24.2. The largest absolute Gasteiger partial charge is 0.480 e. The van der Waals surface area contributed by atoms with Gasteiger partial charge >= 0.3 is 12.0 Å². The van der Waals surface area contributed by atoms with E-state index in [9.17, 15) is 19.7 Å². The monoisotopic (exact) mass is 315 g/mol. The van der Waals surface area contributed by atoms with E-state index in [0.29, 0.717) is 0 Å². The molecule has 8 nitrogen and oxygen atoms in total. The predicted octanol–water partition coefficient (Wildman–Crippen LogP) is 2.48. The van der Waals surface area contributed by atoms with Crippen molar-refractivity contribution >= 4 is 35.0 Å². The lowest BCUT2D eigenvalue weighted by Gasteiger charge is -2.18. The van der Waals surface area contributed by atoms with Gasteiger partial charge in [0.15, 0.2) is 0 Å². The minimum atomic E-state index is -1.16. The molecule has 0 saturated heterocycles. The lowest BCUT2D eigenvalue weighted by atomic mass is 10.1. The Morgan fingerprint density at radius 3 is 2.48 bits per heavy atom. The number of benzene rings is 1. The molecular formula is C12H14ClN3O5. The molecule has 1 atom stereocenters. The number of carboxylic acids is 1. The summed E-state index contributed by atoms with van der Waals surface area (Å²) in [6, 6.07) is 1.90. The van der Waals surface area contributed by atoms with E-state index in [2.05, 4.69) is 10.6 Å². The molecule has 0 saturated carbocycles. The van der Waals surface area contributed by atoms with Crippen LogP contribution in [0.2, 0.25) is 5.02 Å². The molecule has 1 rings (SSSR count). The molecule has 0 bridgehead atoms. The number of amides is 2. The van der Waals surface area contributed by atoms with Crippen LogP contribution in [-0.4, -0.2) is 28.1 Å². The van der Waals surface area contributed by atoms with Gasteiger partial charge in [-0.1, -0.05) is 25.4 Å². The molecule has 0 aliphatic heterocycles. The zero-order valence-electron chi connectivity index (χ0n) is 11.3. The summed E-state index contributed by atoms with van der Waals surface area (Å²) in [6.07, 6.45) is 0. The molecule has 0 heterocycles. The van der Waals surface area contributed by atoms with Gasteiger partial charge in [-0.05, 0) is 18.1 Å². The van der Waals surface area contributed by atoms with Crippen LogP contribution in [-0.2, 0) is 4.79 Å². The lowest BCUT2D eigenvalue weighted by Crippen LogP contribution is -2.46. The van der Waals surface area contributed by atoms with E-state index >= 15 is 0 Å². The van der Waals surface area contributed by atoms with E-state index in [1.165, 1.54) is 12.1 Å². The fourth-order valence-corrected chi connectivity index (χ4v) is 1.74. The van der Waals surface area contributed by atoms with E-state index in [-0.39, 0.29) is 22.3 Å². The van der Waals surface area contributed by atoms with Crippen LogP contribution < -0.4 is 10.6 Å². The second-order valence-corrected chi connectivity index (χ2v) is 4.99. The first-order chi connectivity index (χ1) is 9.72. The molecule has 0 unspecified atom stereocenters. The first-order valence-electron chi connectivity index (χ1n) is 5.96. The standard InChI is InChI=1S/C12H14ClN3O5/c1-6(2)10(11(17)18)15-12(19)14-7-3-4-8(13)9(5-7)16(20)21/h3-6,10H,1-2H3,(H,17,18)(H2,14,15,19)/t10-/m1/s1. The van der Waals surface area contributed by atoms with Crippen molar-refractivity contribution in [2.24, 2.45) is 5.92 Å². The number of carboxylic acid groups (broad SMARTS) is 1. The Balaban J connectivity index is 2.82. The lowest BCUT2D eigenvalue weighted by molar-refractivity contribution is -0.384. The van der Waals surface area contributed by atoms with E-state index in [1.54, 1.807) is 13.8 Å². The van der Waals surface area contributed by atoms with E-state index in [0.717, 1.165) is 6.07 Å². The highest BCUT2D eigenvalue weighted by atomic mass is 35.5. The highest BCUT2D eigenvalue weighted by Gasteiger charge is 2.23. The van der Waals surface area contributed by atoms with Crippen molar-refractivity contribution in [2.75, 3.05) is 5.32 Å². The number of nitrogens with zero attached hydrogens (tertiary/aromatic N) is 1. The molecule has 0 radical (unpaired) electrons. The number of nitrogens with one attached hydrogen (secondary N) is 2. The number of hydrogen-bond donors (Lipinski definition) is 3. The minimum absolute atomic E-state index is 0.0587.